The quantitative estimate of drug-likeness (QED) is 0.845. The molecule has 1 aliphatic rings. The lowest BCUT2D eigenvalue weighted by Gasteiger charge is -2.34. The number of piperidine rings is 1. The predicted molar refractivity (Wildman–Crippen MR) is 79.5 cm³/mol. The van der Waals surface area contributed by atoms with Crippen LogP contribution in [0.5, 0.6) is 0 Å². The summed E-state index contributed by atoms with van der Waals surface area (Å²) in [6, 6.07) is 6.49. The SMILES string of the molecule is CCCc1noc(CN2CCCCC2c2ccccn2)n1. The summed E-state index contributed by atoms with van der Waals surface area (Å²) in [6.45, 7) is 3.91. The van der Waals surface area contributed by atoms with E-state index in [9.17, 15) is 0 Å². The minimum atomic E-state index is 0.362. The van der Waals surface area contributed by atoms with Gasteiger partial charge in [-0.1, -0.05) is 24.6 Å². The maximum Gasteiger partial charge on any atom is 0.240 e. The molecule has 0 N–H and O–H groups in total. The van der Waals surface area contributed by atoms with Crippen molar-refractivity contribution in [2.75, 3.05) is 6.54 Å². The molecule has 112 valence electrons. The molecular weight excluding hydrogens is 264 g/mol. The van der Waals surface area contributed by atoms with Gasteiger partial charge in [-0.3, -0.25) is 9.88 Å². The first-order chi connectivity index (χ1) is 10.4. The zero-order valence-electron chi connectivity index (χ0n) is 12.5. The van der Waals surface area contributed by atoms with E-state index in [0.717, 1.165) is 49.8 Å². The summed E-state index contributed by atoms with van der Waals surface area (Å²) < 4.78 is 5.38. The highest BCUT2D eigenvalue weighted by atomic mass is 16.5. The van der Waals surface area contributed by atoms with Crippen LogP contribution >= 0.6 is 0 Å². The smallest absolute Gasteiger partial charge is 0.240 e. The molecule has 0 saturated carbocycles. The molecule has 2 aromatic rings. The number of hydrogen-bond donors (Lipinski definition) is 0. The van der Waals surface area contributed by atoms with E-state index in [-0.39, 0.29) is 0 Å². The second-order valence-corrected chi connectivity index (χ2v) is 5.59. The Morgan fingerprint density at radius 3 is 3.10 bits per heavy atom. The maximum absolute atomic E-state index is 5.38. The first kappa shape index (κ1) is 14.2. The van der Waals surface area contributed by atoms with Gasteiger partial charge in [0.15, 0.2) is 5.82 Å². The fraction of sp³-hybridized carbons (Fsp3) is 0.562. The molecule has 0 aliphatic carbocycles. The van der Waals surface area contributed by atoms with Gasteiger partial charge in [-0.15, -0.1) is 0 Å². The summed E-state index contributed by atoms with van der Waals surface area (Å²) in [4.78, 5) is 11.4. The second kappa shape index (κ2) is 6.80. The Morgan fingerprint density at radius 1 is 1.33 bits per heavy atom. The van der Waals surface area contributed by atoms with Crippen LogP contribution in [0.2, 0.25) is 0 Å². The fourth-order valence-electron chi connectivity index (χ4n) is 2.94. The largest absolute Gasteiger partial charge is 0.338 e. The van der Waals surface area contributed by atoms with E-state index < -0.39 is 0 Å². The average Bonchev–Trinajstić information content (AvgIpc) is 2.96. The van der Waals surface area contributed by atoms with Gasteiger partial charge in [0.2, 0.25) is 5.89 Å². The third-order valence-corrected chi connectivity index (χ3v) is 3.96. The van der Waals surface area contributed by atoms with Crippen LogP contribution in [-0.2, 0) is 13.0 Å². The lowest BCUT2D eigenvalue weighted by molar-refractivity contribution is 0.121. The minimum Gasteiger partial charge on any atom is -0.338 e. The Balaban J connectivity index is 1.72. The predicted octanol–water partition coefficient (Wildman–Crippen LogP) is 3.14. The van der Waals surface area contributed by atoms with Crippen LogP contribution < -0.4 is 0 Å². The first-order valence-electron chi connectivity index (χ1n) is 7.83. The Kier molecular flexibility index (Phi) is 4.60. The fourth-order valence-corrected chi connectivity index (χ4v) is 2.94. The summed E-state index contributed by atoms with van der Waals surface area (Å²) in [7, 11) is 0. The van der Waals surface area contributed by atoms with Gasteiger partial charge in [0.1, 0.15) is 0 Å². The Morgan fingerprint density at radius 2 is 2.29 bits per heavy atom. The summed E-state index contributed by atoms with van der Waals surface area (Å²) in [5.41, 5.74) is 1.14. The highest BCUT2D eigenvalue weighted by molar-refractivity contribution is 5.10. The van der Waals surface area contributed by atoms with E-state index in [2.05, 4.69) is 39.1 Å². The number of aromatic nitrogens is 3. The van der Waals surface area contributed by atoms with Gasteiger partial charge in [-0.05, 0) is 37.9 Å². The van der Waals surface area contributed by atoms with E-state index in [1.54, 1.807) is 0 Å². The van der Waals surface area contributed by atoms with Gasteiger partial charge in [-0.2, -0.15) is 4.98 Å². The van der Waals surface area contributed by atoms with Gasteiger partial charge in [-0.25, -0.2) is 0 Å². The molecule has 2 aromatic heterocycles. The van der Waals surface area contributed by atoms with E-state index >= 15 is 0 Å². The van der Waals surface area contributed by atoms with Gasteiger partial charge >= 0.3 is 0 Å². The summed E-state index contributed by atoms with van der Waals surface area (Å²) in [5, 5.41) is 4.04. The van der Waals surface area contributed by atoms with Crippen LogP contribution in [0.4, 0.5) is 0 Å². The molecule has 0 spiro atoms. The van der Waals surface area contributed by atoms with Crippen LogP contribution in [0.3, 0.4) is 0 Å². The lowest BCUT2D eigenvalue weighted by Crippen LogP contribution is -2.33. The molecule has 21 heavy (non-hydrogen) atoms. The zero-order valence-corrected chi connectivity index (χ0v) is 12.5. The summed E-state index contributed by atoms with van der Waals surface area (Å²) in [6.07, 6.45) is 7.41. The number of rotatable bonds is 5. The average molecular weight is 286 g/mol. The standard InChI is InChI=1S/C16H22N4O/c1-2-7-15-18-16(21-19-15)12-20-11-6-4-9-14(20)13-8-3-5-10-17-13/h3,5,8,10,14H,2,4,6-7,9,11-12H2,1H3. The molecule has 1 unspecified atom stereocenters. The first-order valence-corrected chi connectivity index (χ1v) is 7.83. The van der Waals surface area contributed by atoms with Gasteiger partial charge < -0.3 is 4.52 Å². The molecule has 1 saturated heterocycles. The third kappa shape index (κ3) is 3.47. The molecule has 0 radical (unpaired) electrons. The van der Waals surface area contributed by atoms with Crippen molar-refractivity contribution in [3.63, 3.8) is 0 Å². The molecule has 3 rings (SSSR count). The van der Waals surface area contributed by atoms with Crippen molar-refractivity contribution in [1.29, 1.82) is 0 Å². The molecule has 3 heterocycles. The molecule has 0 amide bonds. The van der Waals surface area contributed by atoms with E-state index in [1.165, 1.54) is 12.8 Å². The molecule has 1 fully saturated rings. The van der Waals surface area contributed by atoms with Crippen molar-refractivity contribution in [3.05, 3.63) is 41.8 Å². The van der Waals surface area contributed by atoms with Crippen molar-refractivity contribution in [2.45, 2.75) is 51.6 Å². The van der Waals surface area contributed by atoms with Gasteiger partial charge in [0.05, 0.1) is 18.3 Å². The number of likely N-dealkylation sites (tertiary alicyclic amines) is 1. The molecule has 0 bridgehead atoms. The van der Waals surface area contributed by atoms with E-state index in [0.29, 0.717) is 6.04 Å². The Labute approximate surface area is 125 Å². The highest BCUT2D eigenvalue weighted by Crippen LogP contribution is 2.30. The van der Waals surface area contributed by atoms with Crippen molar-refractivity contribution in [2.24, 2.45) is 0 Å². The molecular formula is C16H22N4O. The topological polar surface area (TPSA) is 55.1 Å². The van der Waals surface area contributed by atoms with Crippen LogP contribution in [0, 0.1) is 0 Å². The van der Waals surface area contributed by atoms with Gasteiger partial charge in [0.25, 0.3) is 0 Å². The summed E-state index contributed by atoms with van der Waals surface area (Å²) in [5.74, 6) is 1.54. The number of pyridine rings is 1. The van der Waals surface area contributed by atoms with Crippen LogP contribution in [0.25, 0.3) is 0 Å². The number of aryl methyl sites for hydroxylation is 1. The summed E-state index contributed by atoms with van der Waals surface area (Å²) >= 11 is 0. The molecule has 1 atom stereocenters. The van der Waals surface area contributed by atoms with Crippen molar-refractivity contribution >= 4 is 0 Å². The minimum absolute atomic E-state index is 0.362. The zero-order chi connectivity index (χ0) is 14.5. The molecule has 0 aromatic carbocycles. The van der Waals surface area contributed by atoms with Crippen LogP contribution in [-0.4, -0.2) is 26.6 Å². The van der Waals surface area contributed by atoms with Crippen LogP contribution in [0.15, 0.2) is 28.9 Å². The number of hydrogen-bond acceptors (Lipinski definition) is 5. The monoisotopic (exact) mass is 286 g/mol. The highest BCUT2D eigenvalue weighted by Gasteiger charge is 2.26. The van der Waals surface area contributed by atoms with Crippen LogP contribution in [0.1, 0.15) is 56.1 Å². The van der Waals surface area contributed by atoms with E-state index in [1.807, 2.05) is 12.3 Å². The molecule has 5 nitrogen and oxygen atoms in total. The maximum atomic E-state index is 5.38. The number of nitrogens with zero attached hydrogens (tertiary/aromatic N) is 4. The Bertz CT molecular complexity index is 554. The van der Waals surface area contributed by atoms with Crippen molar-refractivity contribution in [3.8, 4) is 0 Å². The molecule has 5 heteroatoms. The van der Waals surface area contributed by atoms with E-state index in [4.69, 9.17) is 4.52 Å². The Hall–Kier alpha value is -1.75. The van der Waals surface area contributed by atoms with Crippen molar-refractivity contribution < 1.29 is 4.52 Å². The lowest BCUT2D eigenvalue weighted by atomic mass is 9.99. The normalized spacial score (nSPS) is 19.8. The third-order valence-electron chi connectivity index (χ3n) is 3.96. The molecule has 1 aliphatic heterocycles. The second-order valence-electron chi connectivity index (χ2n) is 5.59. The van der Waals surface area contributed by atoms with Crippen molar-refractivity contribution in [1.82, 2.24) is 20.0 Å². The van der Waals surface area contributed by atoms with Gasteiger partial charge in [0, 0.05) is 12.6 Å².